The second-order valence-corrected chi connectivity index (χ2v) is 3.67. The molecule has 0 atom stereocenters. The lowest BCUT2D eigenvalue weighted by Gasteiger charge is -2.14. The van der Waals surface area contributed by atoms with Crippen LogP contribution < -0.4 is 5.73 Å². The van der Waals surface area contributed by atoms with Gasteiger partial charge >= 0.3 is 0 Å². The molecule has 0 saturated carbocycles. The van der Waals surface area contributed by atoms with Crippen molar-refractivity contribution in [2.24, 2.45) is 0 Å². The van der Waals surface area contributed by atoms with Crippen molar-refractivity contribution in [2.75, 3.05) is 19.3 Å². The molecule has 5 heteroatoms. The highest BCUT2D eigenvalue weighted by Crippen LogP contribution is 2.23. The van der Waals surface area contributed by atoms with Gasteiger partial charge in [-0.1, -0.05) is 18.5 Å². The summed E-state index contributed by atoms with van der Waals surface area (Å²) in [4.78, 5) is 2.16. The van der Waals surface area contributed by atoms with Crippen LogP contribution in [0.3, 0.4) is 0 Å². The molecule has 0 aliphatic carbocycles. The van der Waals surface area contributed by atoms with Gasteiger partial charge in [0.2, 0.25) is 0 Å². The van der Waals surface area contributed by atoms with Gasteiger partial charge in [-0.05, 0) is 20.5 Å². The zero-order chi connectivity index (χ0) is 10.7. The summed E-state index contributed by atoms with van der Waals surface area (Å²) in [6.07, 6.45) is 0. The van der Waals surface area contributed by atoms with Crippen LogP contribution in [0.4, 0.5) is 5.82 Å². The quantitative estimate of drug-likeness (QED) is 0.832. The van der Waals surface area contributed by atoms with Crippen molar-refractivity contribution in [3.63, 3.8) is 0 Å². The van der Waals surface area contributed by atoms with E-state index in [1.165, 1.54) is 0 Å². The van der Waals surface area contributed by atoms with Gasteiger partial charge in [0.25, 0.3) is 0 Å². The second-order valence-electron chi connectivity index (χ2n) is 3.29. The van der Waals surface area contributed by atoms with E-state index in [4.69, 9.17) is 17.3 Å². The lowest BCUT2D eigenvalue weighted by Crippen LogP contribution is -2.19. The Morgan fingerprint density at radius 2 is 2.14 bits per heavy atom. The average molecular weight is 217 g/mol. The van der Waals surface area contributed by atoms with E-state index in [2.05, 4.69) is 16.9 Å². The largest absolute Gasteiger partial charge is 0.381 e. The number of hydrogen-bond acceptors (Lipinski definition) is 3. The van der Waals surface area contributed by atoms with Gasteiger partial charge in [-0.25, -0.2) is 0 Å². The van der Waals surface area contributed by atoms with E-state index in [9.17, 15) is 0 Å². The first-order valence-electron chi connectivity index (χ1n) is 4.79. The minimum absolute atomic E-state index is 0.424. The first kappa shape index (κ1) is 11.3. The van der Waals surface area contributed by atoms with Crippen molar-refractivity contribution in [1.29, 1.82) is 0 Å². The van der Waals surface area contributed by atoms with Crippen LogP contribution in [-0.4, -0.2) is 28.3 Å². The minimum Gasteiger partial charge on any atom is -0.381 e. The van der Waals surface area contributed by atoms with Gasteiger partial charge in [-0.2, -0.15) is 5.10 Å². The number of nitrogens with two attached hydrogens (primary N) is 1. The number of nitrogen functional groups attached to an aromatic ring is 1. The minimum atomic E-state index is 0.424. The Morgan fingerprint density at radius 1 is 1.50 bits per heavy atom. The van der Waals surface area contributed by atoms with Gasteiger partial charge in [0.1, 0.15) is 5.02 Å². The average Bonchev–Trinajstić information content (AvgIpc) is 2.45. The van der Waals surface area contributed by atoms with Crippen LogP contribution in [0.15, 0.2) is 0 Å². The number of hydrogen-bond donors (Lipinski definition) is 1. The maximum Gasteiger partial charge on any atom is 0.164 e. The molecule has 1 heterocycles. The highest BCUT2D eigenvalue weighted by Gasteiger charge is 2.13. The zero-order valence-corrected chi connectivity index (χ0v) is 9.67. The van der Waals surface area contributed by atoms with Gasteiger partial charge in [0.15, 0.2) is 5.82 Å². The second kappa shape index (κ2) is 4.66. The van der Waals surface area contributed by atoms with E-state index in [1.54, 1.807) is 0 Å². The molecular weight excluding hydrogens is 200 g/mol. The predicted molar refractivity (Wildman–Crippen MR) is 59.3 cm³/mol. The van der Waals surface area contributed by atoms with Crippen molar-refractivity contribution < 1.29 is 0 Å². The third kappa shape index (κ3) is 2.19. The number of halogens is 1. The molecule has 1 rings (SSSR count). The SMILES string of the molecule is CCN(C)Cc1c(Cl)c(N)nn1CC. The van der Waals surface area contributed by atoms with Gasteiger partial charge in [-0.15, -0.1) is 0 Å². The molecule has 14 heavy (non-hydrogen) atoms. The summed E-state index contributed by atoms with van der Waals surface area (Å²) >= 11 is 6.06. The van der Waals surface area contributed by atoms with Gasteiger partial charge in [-0.3, -0.25) is 4.68 Å². The molecule has 1 aromatic heterocycles. The molecule has 0 amide bonds. The van der Waals surface area contributed by atoms with E-state index in [0.717, 1.165) is 25.3 Å². The molecule has 4 nitrogen and oxygen atoms in total. The lowest BCUT2D eigenvalue weighted by atomic mass is 10.3. The molecule has 0 aliphatic rings. The van der Waals surface area contributed by atoms with E-state index in [-0.39, 0.29) is 0 Å². The van der Waals surface area contributed by atoms with Crippen LogP contribution in [0.25, 0.3) is 0 Å². The Morgan fingerprint density at radius 3 is 2.64 bits per heavy atom. The fourth-order valence-corrected chi connectivity index (χ4v) is 1.47. The Bertz CT molecular complexity index is 308. The molecule has 0 radical (unpaired) electrons. The van der Waals surface area contributed by atoms with Gasteiger partial charge in [0, 0.05) is 13.1 Å². The zero-order valence-electron chi connectivity index (χ0n) is 8.92. The van der Waals surface area contributed by atoms with Crippen LogP contribution in [0, 0.1) is 0 Å². The normalized spacial score (nSPS) is 11.2. The molecule has 0 aromatic carbocycles. The van der Waals surface area contributed by atoms with E-state index < -0.39 is 0 Å². The Hall–Kier alpha value is -0.740. The Labute approximate surface area is 89.6 Å². The first-order chi connectivity index (χ1) is 6.60. The third-order valence-electron chi connectivity index (χ3n) is 2.28. The Kier molecular flexibility index (Phi) is 3.77. The summed E-state index contributed by atoms with van der Waals surface area (Å²) in [5, 5.41) is 4.74. The molecule has 0 fully saturated rings. The standard InChI is InChI=1S/C9H17ClN4/c1-4-13(3)6-7-8(10)9(11)12-14(7)5-2/h4-6H2,1-3H3,(H2,11,12). The van der Waals surface area contributed by atoms with E-state index in [0.29, 0.717) is 10.8 Å². The molecular formula is C9H17ClN4. The Balaban J connectivity index is 2.93. The van der Waals surface area contributed by atoms with Crippen molar-refractivity contribution in [3.05, 3.63) is 10.7 Å². The molecule has 80 valence electrons. The number of aryl methyl sites for hydroxylation is 1. The molecule has 0 aliphatic heterocycles. The van der Waals surface area contributed by atoms with Gasteiger partial charge < -0.3 is 10.6 Å². The van der Waals surface area contributed by atoms with Crippen molar-refractivity contribution in [1.82, 2.24) is 14.7 Å². The fraction of sp³-hybridized carbons (Fsp3) is 0.667. The van der Waals surface area contributed by atoms with Crippen LogP contribution in [0.2, 0.25) is 5.02 Å². The van der Waals surface area contributed by atoms with Gasteiger partial charge in [0.05, 0.1) is 5.69 Å². The summed E-state index contributed by atoms with van der Waals surface area (Å²) in [6.45, 7) is 6.68. The highest BCUT2D eigenvalue weighted by molar-refractivity contribution is 6.33. The molecule has 0 spiro atoms. The lowest BCUT2D eigenvalue weighted by molar-refractivity contribution is 0.332. The number of rotatable bonds is 4. The van der Waals surface area contributed by atoms with E-state index in [1.807, 2.05) is 18.7 Å². The van der Waals surface area contributed by atoms with Crippen molar-refractivity contribution in [3.8, 4) is 0 Å². The summed E-state index contributed by atoms with van der Waals surface area (Å²) in [6, 6.07) is 0. The topological polar surface area (TPSA) is 47.1 Å². The van der Waals surface area contributed by atoms with Crippen LogP contribution in [-0.2, 0) is 13.1 Å². The van der Waals surface area contributed by atoms with Crippen LogP contribution in [0.5, 0.6) is 0 Å². The van der Waals surface area contributed by atoms with Crippen molar-refractivity contribution in [2.45, 2.75) is 26.9 Å². The predicted octanol–water partition coefficient (Wildman–Crippen LogP) is 1.59. The maximum absolute atomic E-state index is 6.06. The molecule has 1 aromatic rings. The third-order valence-corrected chi connectivity index (χ3v) is 2.69. The highest BCUT2D eigenvalue weighted by atomic mass is 35.5. The number of anilines is 1. The monoisotopic (exact) mass is 216 g/mol. The van der Waals surface area contributed by atoms with E-state index >= 15 is 0 Å². The number of aromatic nitrogens is 2. The molecule has 0 unspecified atom stereocenters. The molecule has 2 N–H and O–H groups in total. The van der Waals surface area contributed by atoms with Crippen molar-refractivity contribution >= 4 is 17.4 Å². The first-order valence-corrected chi connectivity index (χ1v) is 5.17. The summed E-state index contributed by atoms with van der Waals surface area (Å²) in [5.74, 6) is 0.424. The molecule has 0 saturated heterocycles. The maximum atomic E-state index is 6.06. The fourth-order valence-electron chi connectivity index (χ4n) is 1.28. The summed E-state index contributed by atoms with van der Waals surface area (Å²) in [5.41, 5.74) is 6.65. The molecule has 0 bridgehead atoms. The smallest absolute Gasteiger partial charge is 0.164 e. The number of nitrogens with zero attached hydrogens (tertiary/aromatic N) is 3. The van der Waals surface area contributed by atoms with Crippen LogP contribution in [0.1, 0.15) is 19.5 Å². The summed E-state index contributed by atoms with van der Waals surface area (Å²) in [7, 11) is 2.04. The van der Waals surface area contributed by atoms with Crippen LogP contribution >= 0.6 is 11.6 Å². The summed E-state index contributed by atoms with van der Waals surface area (Å²) < 4.78 is 1.85.